The molecular weight excluding hydrogens is 316 g/mol. The zero-order valence-corrected chi connectivity index (χ0v) is 14.5. The molecule has 0 unspecified atom stereocenters. The molecule has 0 saturated carbocycles. The number of nitrogens with zero attached hydrogens (tertiary/aromatic N) is 1. The third-order valence-corrected chi connectivity index (χ3v) is 3.98. The van der Waals surface area contributed by atoms with E-state index in [0.717, 1.165) is 11.4 Å². The van der Waals surface area contributed by atoms with E-state index in [2.05, 4.69) is 5.32 Å². The lowest BCUT2D eigenvalue weighted by Gasteiger charge is -2.26. The number of likely N-dealkylation sites (N-methyl/N-ethyl adjacent to an activating group) is 1. The van der Waals surface area contributed by atoms with Crippen LogP contribution < -0.4 is 10.1 Å². The van der Waals surface area contributed by atoms with Gasteiger partial charge in [-0.15, -0.1) is 0 Å². The fraction of sp³-hybridized carbons (Fsp3) is 0.200. The Labute approximate surface area is 146 Å². The number of carbonyl (C=O) groups excluding carboxylic acids is 2. The standard InChI is InChI=1S/C20H20N2O3/c1-4-25-14-11-9-13(10-12-14)21-17-18(22(2)3)20(24)16-8-6-5-7-15(16)19(17)23/h5-12,21H,4H2,1-3H3. The lowest BCUT2D eigenvalue weighted by Crippen LogP contribution is -2.32. The number of fused-ring (bicyclic) bond motifs is 1. The van der Waals surface area contributed by atoms with Gasteiger partial charge in [0.2, 0.25) is 11.6 Å². The van der Waals surface area contributed by atoms with Crippen LogP contribution in [0.3, 0.4) is 0 Å². The summed E-state index contributed by atoms with van der Waals surface area (Å²) in [6.45, 7) is 2.51. The van der Waals surface area contributed by atoms with Crippen molar-refractivity contribution in [3.63, 3.8) is 0 Å². The second-order valence-electron chi connectivity index (χ2n) is 5.90. The summed E-state index contributed by atoms with van der Waals surface area (Å²) in [6.07, 6.45) is 0. The van der Waals surface area contributed by atoms with E-state index in [-0.39, 0.29) is 17.3 Å². The van der Waals surface area contributed by atoms with E-state index < -0.39 is 0 Å². The van der Waals surface area contributed by atoms with Gasteiger partial charge in [0.25, 0.3) is 0 Å². The van der Waals surface area contributed by atoms with Crippen LogP contribution >= 0.6 is 0 Å². The lowest BCUT2D eigenvalue weighted by atomic mass is 9.89. The summed E-state index contributed by atoms with van der Waals surface area (Å²) in [7, 11) is 3.52. The van der Waals surface area contributed by atoms with Crippen molar-refractivity contribution in [2.24, 2.45) is 0 Å². The van der Waals surface area contributed by atoms with Gasteiger partial charge in [-0.05, 0) is 31.2 Å². The Kier molecular flexibility index (Phi) is 4.57. The monoisotopic (exact) mass is 336 g/mol. The molecule has 0 saturated heterocycles. The number of hydrogen-bond acceptors (Lipinski definition) is 5. The van der Waals surface area contributed by atoms with Gasteiger partial charge in [0.15, 0.2) is 0 Å². The Morgan fingerprint density at radius 2 is 1.52 bits per heavy atom. The van der Waals surface area contributed by atoms with Crippen LogP contribution in [0.1, 0.15) is 27.6 Å². The van der Waals surface area contributed by atoms with Gasteiger partial charge < -0.3 is 15.0 Å². The number of benzene rings is 2. The molecule has 2 aromatic carbocycles. The van der Waals surface area contributed by atoms with Gasteiger partial charge in [0.1, 0.15) is 17.1 Å². The van der Waals surface area contributed by atoms with E-state index in [4.69, 9.17) is 4.74 Å². The molecule has 0 spiro atoms. The third-order valence-electron chi connectivity index (χ3n) is 3.98. The van der Waals surface area contributed by atoms with Crippen molar-refractivity contribution in [1.29, 1.82) is 0 Å². The second kappa shape index (κ2) is 6.81. The molecule has 0 aliphatic heterocycles. The Morgan fingerprint density at radius 1 is 0.920 bits per heavy atom. The molecule has 0 amide bonds. The average molecular weight is 336 g/mol. The van der Waals surface area contributed by atoms with Gasteiger partial charge in [-0.2, -0.15) is 0 Å². The highest BCUT2D eigenvalue weighted by Gasteiger charge is 2.33. The maximum atomic E-state index is 12.9. The van der Waals surface area contributed by atoms with E-state index in [1.165, 1.54) is 0 Å². The summed E-state index contributed by atoms with van der Waals surface area (Å²) in [5, 5.41) is 3.11. The number of anilines is 1. The molecule has 1 aliphatic carbocycles. The van der Waals surface area contributed by atoms with Crippen LogP contribution in [0.25, 0.3) is 0 Å². The van der Waals surface area contributed by atoms with E-state index in [1.54, 1.807) is 43.3 Å². The first kappa shape index (κ1) is 16.8. The number of ketones is 2. The summed E-state index contributed by atoms with van der Waals surface area (Å²) in [4.78, 5) is 27.4. The van der Waals surface area contributed by atoms with Crippen molar-refractivity contribution >= 4 is 17.3 Å². The predicted octanol–water partition coefficient (Wildman–Crippen LogP) is 3.35. The largest absolute Gasteiger partial charge is 0.494 e. The molecule has 128 valence electrons. The average Bonchev–Trinajstić information content (AvgIpc) is 2.61. The van der Waals surface area contributed by atoms with Crippen molar-refractivity contribution in [1.82, 2.24) is 4.90 Å². The molecule has 1 aliphatic rings. The minimum Gasteiger partial charge on any atom is -0.494 e. The Hall–Kier alpha value is -3.08. The van der Waals surface area contributed by atoms with Gasteiger partial charge in [-0.1, -0.05) is 24.3 Å². The topological polar surface area (TPSA) is 58.6 Å². The maximum Gasteiger partial charge on any atom is 0.212 e. The molecule has 5 heteroatoms. The van der Waals surface area contributed by atoms with Crippen LogP contribution in [0.2, 0.25) is 0 Å². The van der Waals surface area contributed by atoms with Gasteiger partial charge in [0, 0.05) is 30.9 Å². The Morgan fingerprint density at radius 3 is 2.08 bits per heavy atom. The first-order valence-corrected chi connectivity index (χ1v) is 8.12. The lowest BCUT2D eigenvalue weighted by molar-refractivity contribution is 0.0953. The number of ether oxygens (including phenoxy) is 1. The van der Waals surface area contributed by atoms with Crippen LogP contribution in [-0.4, -0.2) is 37.2 Å². The highest BCUT2D eigenvalue weighted by Crippen LogP contribution is 2.28. The van der Waals surface area contributed by atoms with E-state index in [1.807, 2.05) is 31.2 Å². The maximum absolute atomic E-state index is 12.9. The normalized spacial score (nSPS) is 13.6. The molecule has 2 aromatic rings. The molecule has 25 heavy (non-hydrogen) atoms. The highest BCUT2D eigenvalue weighted by atomic mass is 16.5. The fourth-order valence-corrected chi connectivity index (χ4v) is 2.85. The third kappa shape index (κ3) is 3.13. The Balaban J connectivity index is 2.01. The highest BCUT2D eigenvalue weighted by molar-refractivity contribution is 6.27. The molecule has 0 atom stereocenters. The summed E-state index contributed by atoms with van der Waals surface area (Å²) in [5.41, 5.74) is 2.23. The molecule has 0 fully saturated rings. The summed E-state index contributed by atoms with van der Waals surface area (Å²) < 4.78 is 5.43. The Bertz CT molecular complexity index is 851. The van der Waals surface area contributed by atoms with Gasteiger partial charge in [-0.25, -0.2) is 0 Å². The smallest absolute Gasteiger partial charge is 0.212 e. The molecule has 1 N–H and O–H groups in total. The number of Topliss-reactive ketones (excluding diaryl/α,β-unsaturated/α-hetero) is 2. The minimum absolute atomic E-state index is 0.159. The van der Waals surface area contributed by atoms with Crippen LogP contribution in [0.5, 0.6) is 5.75 Å². The summed E-state index contributed by atoms with van der Waals surface area (Å²) >= 11 is 0. The van der Waals surface area contributed by atoms with Crippen molar-refractivity contribution in [3.8, 4) is 5.75 Å². The van der Waals surface area contributed by atoms with Crippen LogP contribution in [0, 0.1) is 0 Å². The molecule has 0 bridgehead atoms. The first-order valence-electron chi connectivity index (χ1n) is 8.12. The zero-order chi connectivity index (χ0) is 18.0. The zero-order valence-electron chi connectivity index (χ0n) is 14.5. The molecule has 0 radical (unpaired) electrons. The molecule has 0 aromatic heterocycles. The van der Waals surface area contributed by atoms with Crippen molar-refractivity contribution < 1.29 is 14.3 Å². The number of rotatable bonds is 5. The second-order valence-corrected chi connectivity index (χ2v) is 5.90. The fourth-order valence-electron chi connectivity index (χ4n) is 2.85. The van der Waals surface area contributed by atoms with Crippen LogP contribution in [0.4, 0.5) is 5.69 Å². The quantitative estimate of drug-likeness (QED) is 0.907. The van der Waals surface area contributed by atoms with E-state index in [9.17, 15) is 9.59 Å². The number of allylic oxidation sites excluding steroid dienone is 2. The predicted molar refractivity (Wildman–Crippen MR) is 97.0 cm³/mol. The first-order chi connectivity index (χ1) is 12.0. The molecular formula is C20H20N2O3. The number of hydrogen-bond donors (Lipinski definition) is 1. The van der Waals surface area contributed by atoms with E-state index in [0.29, 0.717) is 23.4 Å². The van der Waals surface area contributed by atoms with Crippen molar-refractivity contribution in [3.05, 3.63) is 71.1 Å². The molecule has 0 heterocycles. The van der Waals surface area contributed by atoms with Crippen molar-refractivity contribution in [2.75, 3.05) is 26.0 Å². The molecule has 3 rings (SSSR count). The number of carbonyl (C=O) groups is 2. The molecule has 5 nitrogen and oxygen atoms in total. The van der Waals surface area contributed by atoms with Gasteiger partial charge >= 0.3 is 0 Å². The number of nitrogens with one attached hydrogen (secondary N) is 1. The van der Waals surface area contributed by atoms with E-state index >= 15 is 0 Å². The van der Waals surface area contributed by atoms with Gasteiger partial charge in [0.05, 0.1) is 6.61 Å². The SMILES string of the molecule is CCOc1ccc(NC2=C(N(C)C)C(=O)c3ccccc3C2=O)cc1. The summed E-state index contributed by atoms with van der Waals surface area (Å²) in [6, 6.07) is 14.2. The van der Waals surface area contributed by atoms with Crippen LogP contribution in [-0.2, 0) is 0 Å². The summed E-state index contributed by atoms with van der Waals surface area (Å²) in [5.74, 6) is 0.410. The van der Waals surface area contributed by atoms with Crippen molar-refractivity contribution in [2.45, 2.75) is 6.92 Å². The minimum atomic E-state index is -0.187. The van der Waals surface area contributed by atoms with Gasteiger partial charge in [-0.3, -0.25) is 9.59 Å². The van der Waals surface area contributed by atoms with Crippen LogP contribution in [0.15, 0.2) is 59.9 Å².